The van der Waals surface area contributed by atoms with Crippen molar-refractivity contribution >= 4 is 16.0 Å². The van der Waals surface area contributed by atoms with Crippen LogP contribution in [0.25, 0.3) is 0 Å². The number of rotatable bonds is 8. The molecule has 1 unspecified atom stereocenters. The number of morpholine rings is 1. The van der Waals surface area contributed by atoms with Gasteiger partial charge < -0.3 is 20.1 Å². The smallest absolute Gasteiger partial charge is 0.218 e. The molecule has 162 valence electrons. The van der Waals surface area contributed by atoms with E-state index in [4.69, 9.17) is 9.47 Å². The van der Waals surface area contributed by atoms with Crippen LogP contribution >= 0.6 is 0 Å². The second-order valence-electron chi connectivity index (χ2n) is 7.25. The van der Waals surface area contributed by atoms with Crippen LogP contribution in [0.3, 0.4) is 0 Å². The summed E-state index contributed by atoms with van der Waals surface area (Å²) in [6.07, 6.45) is 2.39. The van der Waals surface area contributed by atoms with E-state index in [1.54, 1.807) is 0 Å². The Bertz CT molecular complexity index is 772. The first-order valence-corrected chi connectivity index (χ1v) is 12.0. The first kappa shape index (κ1) is 22.0. The van der Waals surface area contributed by atoms with Crippen molar-refractivity contribution in [2.75, 3.05) is 46.0 Å². The SMILES string of the molecule is CCNC(=NCc1ccccc1CS(=O)(=O)N1CCOCC1)NCC1CCCO1. The molecule has 1 aromatic rings. The van der Waals surface area contributed by atoms with Crippen molar-refractivity contribution in [2.45, 2.75) is 38.2 Å². The topological polar surface area (TPSA) is 92.3 Å². The van der Waals surface area contributed by atoms with Gasteiger partial charge in [-0.2, -0.15) is 4.31 Å². The monoisotopic (exact) mass is 424 g/mol. The Kier molecular flexibility index (Phi) is 8.29. The van der Waals surface area contributed by atoms with Crippen LogP contribution in [0.1, 0.15) is 30.9 Å². The summed E-state index contributed by atoms with van der Waals surface area (Å²) in [4.78, 5) is 4.66. The Morgan fingerprint density at radius 3 is 2.62 bits per heavy atom. The molecule has 0 aliphatic carbocycles. The molecule has 3 rings (SSSR count). The number of ether oxygens (including phenoxy) is 2. The Hall–Kier alpha value is -1.68. The second-order valence-corrected chi connectivity index (χ2v) is 9.22. The fourth-order valence-corrected chi connectivity index (χ4v) is 5.05. The molecule has 8 nitrogen and oxygen atoms in total. The number of guanidine groups is 1. The lowest BCUT2D eigenvalue weighted by Gasteiger charge is -2.26. The summed E-state index contributed by atoms with van der Waals surface area (Å²) in [5.41, 5.74) is 1.70. The van der Waals surface area contributed by atoms with E-state index >= 15 is 0 Å². The normalized spacial score (nSPS) is 21.3. The fourth-order valence-electron chi connectivity index (χ4n) is 3.49. The molecule has 0 aromatic heterocycles. The summed E-state index contributed by atoms with van der Waals surface area (Å²) < 4.78 is 38.0. The summed E-state index contributed by atoms with van der Waals surface area (Å²) in [5.74, 6) is 0.701. The largest absolute Gasteiger partial charge is 0.379 e. The van der Waals surface area contributed by atoms with Gasteiger partial charge in [0.1, 0.15) is 0 Å². The molecule has 0 saturated carbocycles. The molecule has 2 saturated heterocycles. The molecule has 2 N–H and O–H groups in total. The number of aliphatic imine (C=N–C) groups is 1. The van der Waals surface area contributed by atoms with Crippen LogP contribution < -0.4 is 10.6 Å². The van der Waals surface area contributed by atoms with Crippen molar-refractivity contribution in [3.05, 3.63) is 35.4 Å². The quantitative estimate of drug-likeness (QED) is 0.479. The van der Waals surface area contributed by atoms with Crippen LogP contribution in [-0.4, -0.2) is 70.8 Å². The van der Waals surface area contributed by atoms with E-state index < -0.39 is 10.0 Å². The minimum absolute atomic E-state index is 0.0153. The highest BCUT2D eigenvalue weighted by Gasteiger charge is 2.25. The van der Waals surface area contributed by atoms with E-state index in [9.17, 15) is 8.42 Å². The first-order chi connectivity index (χ1) is 14.1. The van der Waals surface area contributed by atoms with Gasteiger partial charge in [0.15, 0.2) is 5.96 Å². The van der Waals surface area contributed by atoms with E-state index in [2.05, 4.69) is 15.6 Å². The van der Waals surface area contributed by atoms with Crippen LogP contribution in [0.15, 0.2) is 29.3 Å². The van der Waals surface area contributed by atoms with Crippen LogP contribution in [0, 0.1) is 0 Å². The highest BCUT2D eigenvalue weighted by molar-refractivity contribution is 7.88. The molecule has 2 heterocycles. The molecule has 0 amide bonds. The Morgan fingerprint density at radius 2 is 1.93 bits per heavy atom. The summed E-state index contributed by atoms with van der Waals surface area (Å²) >= 11 is 0. The van der Waals surface area contributed by atoms with E-state index in [1.165, 1.54) is 4.31 Å². The highest BCUT2D eigenvalue weighted by atomic mass is 32.2. The summed E-state index contributed by atoms with van der Waals surface area (Å²) in [5, 5.41) is 6.56. The number of sulfonamides is 1. The lowest BCUT2D eigenvalue weighted by Crippen LogP contribution is -2.41. The third-order valence-electron chi connectivity index (χ3n) is 5.09. The van der Waals surface area contributed by atoms with Gasteiger partial charge in [-0.15, -0.1) is 0 Å². The molecule has 29 heavy (non-hydrogen) atoms. The maximum absolute atomic E-state index is 12.8. The fraction of sp³-hybridized carbons (Fsp3) is 0.650. The molecular weight excluding hydrogens is 392 g/mol. The van der Waals surface area contributed by atoms with Gasteiger partial charge in [0.2, 0.25) is 10.0 Å². The van der Waals surface area contributed by atoms with Gasteiger partial charge in [0.25, 0.3) is 0 Å². The lowest BCUT2D eigenvalue weighted by atomic mass is 10.1. The van der Waals surface area contributed by atoms with Crippen LogP contribution in [0.5, 0.6) is 0 Å². The van der Waals surface area contributed by atoms with Crippen molar-refractivity contribution < 1.29 is 17.9 Å². The molecule has 2 aliphatic rings. The van der Waals surface area contributed by atoms with Gasteiger partial charge in [0, 0.05) is 32.8 Å². The van der Waals surface area contributed by atoms with Gasteiger partial charge in [-0.3, -0.25) is 0 Å². The van der Waals surface area contributed by atoms with Crippen molar-refractivity contribution in [3.63, 3.8) is 0 Å². The lowest BCUT2D eigenvalue weighted by molar-refractivity contribution is 0.0729. The molecule has 0 bridgehead atoms. The average molecular weight is 425 g/mol. The van der Waals surface area contributed by atoms with Gasteiger partial charge in [-0.1, -0.05) is 24.3 Å². The van der Waals surface area contributed by atoms with Gasteiger partial charge in [0.05, 0.1) is 31.6 Å². The second kappa shape index (κ2) is 10.9. The van der Waals surface area contributed by atoms with E-state index in [0.29, 0.717) is 38.8 Å². The zero-order valence-electron chi connectivity index (χ0n) is 17.1. The van der Waals surface area contributed by atoms with Gasteiger partial charge in [-0.25, -0.2) is 13.4 Å². The maximum Gasteiger partial charge on any atom is 0.218 e. The summed E-state index contributed by atoms with van der Waals surface area (Å²) in [7, 11) is -3.37. The van der Waals surface area contributed by atoms with Gasteiger partial charge in [-0.05, 0) is 30.9 Å². The average Bonchev–Trinajstić information content (AvgIpc) is 3.25. The summed E-state index contributed by atoms with van der Waals surface area (Å²) in [6, 6.07) is 7.60. The molecule has 0 spiro atoms. The number of nitrogens with one attached hydrogen (secondary N) is 2. The zero-order chi connectivity index (χ0) is 20.5. The molecule has 1 aromatic carbocycles. The maximum atomic E-state index is 12.8. The molecular formula is C20H32N4O4S. The predicted octanol–water partition coefficient (Wildman–Crippen LogP) is 1.08. The number of hydrogen-bond acceptors (Lipinski definition) is 5. The molecule has 2 aliphatic heterocycles. The Balaban J connectivity index is 1.65. The van der Waals surface area contributed by atoms with E-state index in [1.807, 2.05) is 31.2 Å². The summed E-state index contributed by atoms with van der Waals surface area (Å²) in [6.45, 7) is 6.47. The van der Waals surface area contributed by atoms with Crippen LogP contribution in [0.2, 0.25) is 0 Å². The molecule has 2 fully saturated rings. The third kappa shape index (κ3) is 6.67. The molecule has 0 radical (unpaired) electrons. The standard InChI is InChI=1S/C20H32N4O4S/c1-2-21-20(23-15-19-8-5-11-28-19)22-14-17-6-3-4-7-18(17)16-29(25,26)24-9-12-27-13-10-24/h3-4,6-7,19H,2,5,8-16H2,1H3,(H2,21,22,23). The van der Waals surface area contributed by atoms with Crippen molar-refractivity contribution in [1.82, 2.24) is 14.9 Å². The number of nitrogens with zero attached hydrogens (tertiary/aromatic N) is 2. The molecule has 1 atom stereocenters. The van der Waals surface area contributed by atoms with Crippen LogP contribution in [0.4, 0.5) is 0 Å². The van der Waals surface area contributed by atoms with E-state index in [-0.39, 0.29) is 11.9 Å². The predicted molar refractivity (Wildman–Crippen MR) is 113 cm³/mol. The van der Waals surface area contributed by atoms with Gasteiger partial charge >= 0.3 is 0 Å². The first-order valence-electron chi connectivity index (χ1n) is 10.3. The zero-order valence-corrected chi connectivity index (χ0v) is 17.9. The number of benzene rings is 1. The minimum Gasteiger partial charge on any atom is -0.379 e. The van der Waals surface area contributed by atoms with Crippen molar-refractivity contribution in [3.8, 4) is 0 Å². The van der Waals surface area contributed by atoms with E-state index in [0.717, 1.165) is 43.7 Å². The highest BCUT2D eigenvalue weighted by Crippen LogP contribution is 2.17. The molecule has 9 heteroatoms. The third-order valence-corrected chi connectivity index (χ3v) is 6.92. The van der Waals surface area contributed by atoms with Crippen LogP contribution in [-0.2, 0) is 31.8 Å². The Labute approximate surface area is 173 Å². The van der Waals surface area contributed by atoms with Crippen molar-refractivity contribution in [2.24, 2.45) is 4.99 Å². The Morgan fingerprint density at radius 1 is 1.17 bits per heavy atom. The minimum atomic E-state index is -3.37. The van der Waals surface area contributed by atoms with Crippen molar-refractivity contribution in [1.29, 1.82) is 0 Å². The number of hydrogen-bond donors (Lipinski definition) is 2.